The summed E-state index contributed by atoms with van der Waals surface area (Å²) in [7, 11) is 1.60. The molecule has 0 fully saturated rings. The Morgan fingerprint density at radius 2 is 1.91 bits per heavy atom. The fourth-order valence-corrected chi connectivity index (χ4v) is 3.76. The van der Waals surface area contributed by atoms with Crippen LogP contribution < -0.4 is 19.5 Å². The summed E-state index contributed by atoms with van der Waals surface area (Å²) < 4.78 is 21.6. The van der Waals surface area contributed by atoms with Crippen molar-refractivity contribution in [3.63, 3.8) is 0 Å². The molecular weight excluding hydrogens is 430 g/mol. The van der Waals surface area contributed by atoms with Gasteiger partial charge in [0.25, 0.3) is 0 Å². The van der Waals surface area contributed by atoms with Crippen LogP contribution in [0.15, 0.2) is 67.0 Å². The lowest BCUT2D eigenvalue weighted by Crippen LogP contribution is -2.20. The lowest BCUT2D eigenvalue weighted by atomic mass is 10.2. The molecule has 0 spiro atoms. The lowest BCUT2D eigenvalue weighted by Gasteiger charge is -2.10. The number of ether oxygens (including phenoxy) is 3. The fraction of sp³-hybridized carbons (Fsp3) is 0.136. The molecule has 10 heteroatoms. The van der Waals surface area contributed by atoms with Gasteiger partial charge >= 0.3 is 0 Å². The Labute approximate surface area is 188 Å². The second-order valence-corrected chi connectivity index (χ2v) is 7.32. The second-order valence-electron chi connectivity index (χ2n) is 6.96. The van der Waals surface area contributed by atoms with Crippen LogP contribution in [0.2, 0.25) is 0 Å². The van der Waals surface area contributed by atoms with Crippen LogP contribution in [-0.4, -0.2) is 38.9 Å². The smallest absolute Gasteiger partial charge is 0.246 e. The molecule has 0 bridgehead atoms. The molecule has 0 saturated heterocycles. The number of fused-ring (bicyclic) bond motifs is 1. The molecule has 3 heterocycles. The van der Waals surface area contributed by atoms with E-state index in [1.54, 1.807) is 30.0 Å². The molecule has 0 aliphatic carbocycles. The zero-order valence-electron chi connectivity index (χ0n) is 17.1. The van der Waals surface area contributed by atoms with Crippen LogP contribution in [0.25, 0.3) is 11.4 Å². The van der Waals surface area contributed by atoms with Gasteiger partial charge in [-0.15, -0.1) is 5.10 Å². The van der Waals surface area contributed by atoms with Crippen molar-refractivity contribution >= 4 is 23.8 Å². The van der Waals surface area contributed by atoms with Gasteiger partial charge in [-0.2, -0.15) is 0 Å². The number of aromatic nitrogens is 4. The monoisotopic (exact) mass is 449 g/mol. The Morgan fingerprint density at radius 1 is 1.12 bits per heavy atom. The molecule has 2 aromatic heterocycles. The average Bonchev–Trinajstić information content (AvgIpc) is 3.54. The van der Waals surface area contributed by atoms with E-state index in [-0.39, 0.29) is 19.2 Å². The van der Waals surface area contributed by atoms with Crippen LogP contribution in [0.5, 0.6) is 17.2 Å². The quantitative estimate of drug-likeness (QED) is 0.453. The Hall–Kier alpha value is -4.05. The predicted octanol–water partition coefficient (Wildman–Crippen LogP) is 3.57. The minimum atomic E-state index is -0.274. The zero-order valence-corrected chi connectivity index (χ0v) is 17.9. The van der Waals surface area contributed by atoms with Gasteiger partial charge in [0.2, 0.25) is 17.5 Å². The van der Waals surface area contributed by atoms with Gasteiger partial charge in [-0.1, -0.05) is 12.1 Å². The van der Waals surface area contributed by atoms with Gasteiger partial charge in [0.05, 0.1) is 12.7 Å². The Morgan fingerprint density at radius 3 is 2.72 bits per heavy atom. The molecule has 1 aliphatic heterocycles. The van der Waals surface area contributed by atoms with Crippen molar-refractivity contribution in [3.8, 4) is 28.6 Å². The third-order valence-corrected chi connectivity index (χ3v) is 5.32. The first-order valence-electron chi connectivity index (χ1n) is 9.80. The minimum Gasteiger partial charge on any atom is -0.496 e. The predicted molar refractivity (Wildman–Crippen MR) is 119 cm³/mol. The first-order chi connectivity index (χ1) is 15.6. The highest BCUT2D eigenvalue weighted by atomic mass is 32.1. The van der Waals surface area contributed by atoms with Gasteiger partial charge in [0.15, 0.2) is 17.3 Å². The Bertz CT molecular complexity index is 1340. The Balaban J connectivity index is 1.48. The van der Waals surface area contributed by atoms with E-state index in [0.29, 0.717) is 33.5 Å². The number of amides is 1. The SMILES string of the molecule is COc1ccccc1-c1nn(CC(=O)Nc2ccc3c(c2)OCO3)c(=S)n1-n1cccc1. The van der Waals surface area contributed by atoms with Crippen LogP contribution >= 0.6 is 12.2 Å². The minimum absolute atomic E-state index is 0.0658. The molecule has 162 valence electrons. The summed E-state index contributed by atoms with van der Waals surface area (Å²) >= 11 is 5.67. The number of hydrogen-bond acceptors (Lipinski definition) is 6. The van der Waals surface area contributed by atoms with Crippen molar-refractivity contribution < 1.29 is 19.0 Å². The maximum Gasteiger partial charge on any atom is 0.246 e. The van der Waals surface area contributed by atoms with Crippen molar-refractivity contribution in [3.05, 3.63) is 71.8 Å². The summed E-state index contributed by atoms with van der Waals surface area (Å²) in [6, 6.07) is 16.5. The number of carbonyl (C=O) groups excluding carboxylic acids is 1. The molecule has 5 rings (SSSR count). The second kappa shape index (κ2) is 8.23. The number of hydrogen-bond donors (Lipinski definition) is 1. The highest BCUT2D eigenvalue weighted by molar-refractivity contribution is 7.71. The van der Waals surface area contributed by atoms with Crippen molar-refractivity contribution in [1.29, 1.82) is 0 Å². The third kappa shape index (κ3) is 3.60. The molecule has 9 nitrogen and oxygen atoms in total. The molecule has 2 aromatic carbocycles. The highest BCUT2D eigenvalue weighted by Crippen LogP contribution is 2.34. The van der Waals surface area contributed by atoms with Crippen LogP contribution in [-0.2, 0) is 11.3 Å². The van der Waals surface area contributed by atoms with Gasteiger partial charge in [0.1, 0.15) is 12.3 Å². The molecule has 4 aromatic rings. The molecule has 1 amide bonds. The Kier molecular flexibility index (Phi) is 5.12. The van der Waals surface area contributed by atoms with E-state index in [1.165, 1.54) is 4.68 Å². The first kappa shape index (κ1) is 19.9. The summed E-state index contributed by atoms with van der Waals surface area (Å²) in [4.78, 5) is 12.8. The van der Waals surface area contributed by atoms with Crippen molar-refractivity contribution in [2.24, 2.45) is 0 Å². The molecule has 32 heavy (non-hydrogen) atoms. The number of carbonyl (C=O) groups is 1. The summed E-state index contributed by atoms with van der Waals surface area (Å²) in [5.74, 6) is 2.17. The molecule has 1 aliphatic rings. The standard InChI is InChI=1S/C22H19N5O4S/c1-29-17-7-3-2-6-16(17)21-24-26(22(32)27(21)25-10-4-5-11-25)13-20(28)23-15-8-9-18-19(12-15)31-14-30-18/h2-12H,13-14H2,1H3,(H,23,28). The summed E-state index contributed by atoms with van der Waals surface area (Å²) in [6.45, 7) is 0.105. The van der Waals surface area contributed by atoms with E-state index in [4.69, 9.17) is 26.4 Å². The third-order valence-electron chi connectivity index (χ3n) is 4.94. The van der Waals surface area contributed by atoms with Crippen molar-refractivity contribution in [2.45, 2.75) is 6.54 Å². The van der Waals surface area contributed by atoms with Crippen molar-refractivity contribution in [1.82, 2.24) is 19.1 Å². The van der Waals surface area contributed by atoms with Gasteiger partial charge in [0, 0.05) is 24.1 Å². The normalized spacial score (nSPS) is 12.0. The number of para-hydroxylation sites is 1. The highest BCUT2D eigenvalue weighted by Gasteiger charge is 2.19. The number of benzene rings is 2. The van der Waals surface area contributed by atoms with Crippen LogP contribution in [0.4, 0.5) is 5.69 Å². The van der Waals surface area contributed by atoms with E-state index >= 15 is 0 Å². The van der Waals surface area contributed by atoms with Gasteiger partial charge < -0.3 is 19.5 Å². The number of rotatable bonds is 6. The van der Waals surface area contributed by atoms with E-state index in [9.17, 15) is 4.79 Å². The molecule has 1 N–H and O–H groups in total. The maximum absolute atomic E-state index is 12.8. The molecule has 0 saturated carbocycles. The number of nitrogens with one attached hydrogen (secondary N) is 1. The molecule has 0 atom stereocenters. The number of nitrogens with zero attached hydrogens (tertiary/aromatic N) is 4. The van der Waals surface area contributed by atoms with Crippen molar-refractivity contribution in [2.75, 3.05) is 19.2 Å². The van der Waals surface area contributed by atoms with Gasteiger partial charge in [-0.25, -0.2) is 9.36 Å². The summed E-state index contributed by atoms with van der Waals surface area (Å²) in [5.41, 5.74) is 1.35. The molecule has 0 unspecified atom stereocenters. The summed E-state index contributed by atoms with van der Waals surface area (Å²) in [5, 5.41) is 7.50. The van der Waals surface area contributed by atoms with E-state index < -0.39 is 0 Å². The number of methoxy groups -OCH3 is 1. The van der Waals surface area contributed by atoms with E-state index in [0.717, 1.165) is 5.56 Å². The van der Waals surface area contributed by atoms with Crippen LogP contribution in [0.1, 0.15) is 0 Å². The number of anilines is 1. The van der Waals surface area contributed by atoms with E-state index in [2.05, 4.69) is 10.4 Å². The fourth-order valence-electron chi connectivity index (χ4n) is 3.48. The van der Waals surface area contributed by atoms with Crippen LogP contribution in [0.3, 0.4) is 0 Å². The average molecular weight is 449 g/mol. The topological polar surface area (TPSA) is 84.5 Å². The molecule has 0 radical (unpaired) electrons. The van der Waals surface area contributed by atoms with Gasteiger partial charge in [-0.05, 0) is 48.6 Å². The van der Waals surface area contributed by atoms with Crippen LogP contribution in [0, 0.1) is 4.77 Å². The van der Waals surface area contributed by atoms with Gasteiger partial charge in [-0.3, -0.25) is 9.47 Å². The van der Waals surface area contributed by atoms with E-state index in [1.807, 2.05) is 53.5 Å². The zero-order chi connectivity index (χ0) is 22.1. The molecular formula is C22H19N5O4S. The maximum atomic E-state index is 12.8. The lowest BCUT2D eigenvalue weighted by molar-refractivity contribution is -0.116. The summed E-state index contributed by atoms with van der Waals surface area (Å²) in [6.07, 6.45) is 3.71. The first-order valence-corrected chi connectivity index (χ1v) is 10.2. The largest absolute Gasteiger partial charge is 0.496 e.